The fraction of sp³-hybridized carbons (Fsp3) is 0.547. The van der Waals surface area contributed by atoms with Gasteiger partial charge >= 0.3 is 5.97 Å². The number of anilines is 1. The fourth-order valence-electron chi connectivity index (χ4n) is 13.3. The number of carboxylic acid groups (broad SMARTS) is 1. The minimum atomic E-state index is -4.03. The van der Waals surface area contributed by atoms with Gasteiger partial charge in [-0.15, -0.1) is 0 Å². The number of aryl methyl sites for hydroxylation is 1. The number of Topliss-reactive ketones (excluding diaryl/α,β-unsaturated/α-hetero) is 1. The number of carboxylic acids is 1. The molecule has 21 heteroatoms. The summed E-state index contributed by atoms with van der Waals surface area (Å²) in [5.74, 6) is -1.99. The first kappa shape index (κ1) is 63.2. The Morgan fingerprint density at radius 2 is 1.40 bits per heavy atom. The highest BCUT2D eigenvalue weighted by molar-refractivity contribution is 7.89. The van der Waals surface area contributed by atoms with Gasteiger partial charge in [0.1, 0.15) is 11.5 Å². The Kier molecular flexibility index (Phi) is 19.9. The number of carbonyl (C=O) groups is 5. The molecule has 6 heterocycles. The van der Waals surface area contributed by atoms with Crippen molar-refractivity contribution in [2.75, 3.05) is 63.0 Å². The Balaban J connectivity index is 0.712. The van der Waals surface area contributed by atoms with Crippen LogP contribution in [-0.4, -0.2) is 146 Å². The maximum Gasteiger partial charge on any atom is 0.304 e. The first-order chi connectivity index (χ1) is 40.4. The maximum absolute atomic E-state index is 15.1. The quantitative estimate of drug-likeness (QED) is 0.0535. The zero-order valence-corrected chi connectivity index (χ0v) is 52.2. The number of hydrogen-bond donors (Lipinski definition) is 1. The number of pyridine rings is 2. The smallest absolute Gasteiger partial charge is 0.304 e. The van der Waals surface area contributed by atoms with Gasteiger partial charge in [-0.2, -0.15) is 4.31 Å². The fourth-order valence-corrected chi connectivity index (χ4v) is 15.7. The van der Waals surface area contributed by atoms with Crippen molar-refractivity contribution in [1.29, 1.82) is 0 Å². The van der Waals surface area contributed by atoms with Crippen LogP contribution in [0.4, 0.5) is 5.69 Å². The molecule has 3 saturated heterocycles. The molecule has 85 heavy (non-hydrogen) atoms. The summed E-state index contributed by atoms with van der Waals surface area (Å²) in [6.07, 6.45) is 12.4. The van der Waals surface area contributed by atoms with Crippen molar-refractivity contribution in [2.24, 2.45) is 10.8 Å². The van der Waals surface area contributed by atoms with Crippen LogP contribution in [0.3, 0.4) is 0 Å². The lowest BCUT2D eigenvalue weighted by molar-refractivity contribution is -0.162. The van der Waals surface area contributed by atoms with Gasteiger partial charge in [0.05, 0.1) is 53.5 Å². The molecule has 456 valence electrons. The maximum atomic E-state index is 15.1. The second kappa shape index (κ2) is 26.8. The molecule has 4 atom stereocenters. The summed E-state index contributed by atoms with van der Waals surface area (Å²) in [6.45, 7) is 13.9. The van der Waals surface area contributed by atoms with E-state index in [4.69, 9.17) is 33.2 Å². The highest BCUT2D eigenvalue weighted by Crippen LogP contribution is 2.53. The van der Waals surface area contributed by atoms with E-state index in [-0.39, 0.29) is 67.4 Å². The number of amides is 3. The number of hydrogen-bond acceptors (Lipinski definition) is 12. The number of likely N-dealkylation sites (tertiary alicyclic amines) is 1. The summed E-state index contributed by atoms with van der Waals surface area (Å²) < 4.78 is 32.4. The summed E-state index contributed by atoms with van der Waals surface area (Å²) in [5.41, 5.74) is 2.27. The number of fused-ring (bicyclic) bond motifs is 1. The van der Waals surface area contributed by atoms with Crippen molar-refractivity contribution in [2.45, 2.75) is 155 Å². The number of unbranched alkanes of at least 4 members (excludes halogenated alkanes) is 4. The predicted molar refractivity (Wildman–Crippen MR) is 330 cm³/mol. The van der Waals surface area contributed by atoms with Crippen LogP contribution >= 0.6 is 23.2 Å². The van der Waals surface area contributed by atoms with Crippen molar-refractivity contribution in [3.8, 4) is 0 Å². The number of rotatable bonds is 21. The molecule has 1 N–H and O–H groups in total. The van der Waals surface area contributed by atoms with Gasteiger partial charge in [0.2, 0.25) is 27.7 Å². The summed E-state index contributed by atoms with van der Waals surface area (Å²) in [6, 6.07) is 16.9. The minimum Gasteiger partial charge on any atom is -0.481 e. The predicted octanol–water partition coefficient (Wildman–Crippen LogP) is 10.2. The second-order valence-corrected chi connectivity index (χ2v) is 28.0. The molecule has 0 unspecified atom stereocenters. The number of sulfonamides is 1. The van der Waals surface area contributed by atoms with E-state index >= 15 is 4.79 Å². The zero-order valence-electron chi connectivity index (χ0n) is 49.9. The van der Waals surface area contributed by atoms with Gasteiger partial charge in [-0.1, -0.05) is 107 Å². The number of piperazine rings is 2. The van der Waals surface area contributed by atoms with E-state index < -0.39 is 62.9 Å². The van der Waals surface area contributed by atoms with Gasteiger partial charge in [-0.3, -0.25) is 38.3 Å². The average molecular weight is 1220 g/mol. The number of carbonyl (C=O) groups excluding carboxylic acids is 4. The normalized spacial score (nSPS) is 20.5. The number of ketones is 1. The third kappa shape index (κ3) is 14.6. The van der Waals surface area contributed by atoms with Crippen LogP contribution in [0.15, 0.2) is 77.9 Å². The molecule has 18 nitrogen and oxygen atoms in total. The number of aromatic nitrogens is 4. The molecule has 4 aliphatic rings. The third-order valence-electron chi connectivity index (χ3n) is 18.0. The van der Waals surface area contributed by atoms with Crippen LogP contribution in [0, 0.1) is 17.8 Å². The van der Waals surface area contributed by atoms with E-state index in [2.05, 4.69) is 9.88 Å². The van der Waals surface area contributed by atoms with Gasteiger partial charge in [-0.25, -0.2) is 18.4 Å². The van der Waals surface area contributed by atoms with Gasteiger partial charge in [0.15, 0.2) is 5.78 Å². The molecule has 3 amide bonds. The van der Waals surface area contributed by atoms with Crippen molar-refractivity contribution < 1.29 is 37.5 Å². The molecular weight excluding hydrogens is 1140 g/mol. The highest BCUT2D eigenvalue weighted by Gasteiger charge is 2.55. The van der Waals surface area contributed by atoms with Crippen molar-refractivity contribution >= 4 is 79.4 Å². The Morgan fingerprint density at radius 3 is 1.98 bits per heavy atom. The number of benzene rings is 2. The SMILES string of the molecule is CC(=O)c1c(C)c2cnc(Cc3ccc(N4CCN(C(=O)CCCCCCCC(=O)N5CCN(S(=O)(=O)C[C@@H](N6C(=O)[C@@](C)(CC(=O)O)C[C@H](c7cccc(Cl)c7)[C@H]6c6ccc(Cl)cc6)C(C)(C)C)CC5)CC4)cn3)nc2n(C2CCCC2)c1=O. The van der Waals surface area contributed by atoms with Crippen LogP contribution in [-0.2, 0) is 35.6 Å². The third-order valence-corrected chi connectivity index (χ3v) is 20.4. The molecular formula is C64H81Cl2N9O9S. The van der Waals surface area contributed by atoms with Crippen LogP contribution in [0.1, 0.15) is 175 Å². The molecule has 9 rings (SSSR count). The standard InChI is InChI=1S/C64H81Cl2N9O9S/c1-42-52-40-68-54(69-60(52)74(49-17-12-13-18-49)61(81)58(42)43(2)76)36-48-25-26-50(39-67-48)70-27-29-71(30-28-70)55(77)19-10-8-7-9-11-20-56(78)72-31-33-73(34-32-72)85(83,84)41-53(63(3,4)5)75-59(44-21-23-46(65)24-22-44)51(45-15-14-16-47(66)35-45)37-64(6,62(75)82)38-57(79)80/h14-16,21-26,35,39-40,49,51,53,59H,7-13,17-20,27-34,36-38,41H2,1-6H3,(H,79,80)/t51-,53-,59-,64-/m1/s1. The second-order valence-electron chi connectivity index (χ2n) is 25.2. The Hall–Kier alpha value is -6.28. The molecule has 0 spiro atoms. The number of aliphatic carboxylic acids is 1. The lowest BCUT2D eigenvalue weighted by Crippen LogP contribution is -2.61. The molecule has 0 radical (unpaired) electrons. The highest BCUT2D eigenvalue weighted by atomic mass is 35.5. The van der Waals surface area contributed by atoms with E-state index in [1.54, 1.807) is 52.6 Å². The lowest BCUT2D eigenvalue weighted by atomic mass is 9.66. The van der Waals surface area contributed by atoms with Crippen molar-refractivity contribution in [1.82, 2.24) is 38.5 Å². The Bertz CT molecular complexity index is 3440. The summed E-state index contributed by atoms with van der Waals surface area (Å²) in [4.78, 5) is 102. The van der Waals surface area contributed by atoms with Crippen LogP contribution < -0.4 is 10.5 Å². The summed E-state index contributed by atoms with van der Waals surface area (Å²) >= 11 is 12.9. The lowest BCUT2D eigenvalue weighted by Gasteiger charge is -2.54. The molecule has 1 aliphatic carbocycles. The first-order valence-electron chi connectivity index (χ1n) is 30.1. The monoisotopic (exact) mass is 1220 g/mol. The van der Waals surface area contributed by atoms with Crippen molar-refractivity contribution in [3.63, 3.8) is 0 Å². The molecule has 1 saturated carbocycles. The molecule has 3 aromatic heterocycles. The first-order valence-corrected chi connectivity index (χ1v) is 32.5. The Morgan fingerprint density at radius 1 is 0.776 bits per heavy atom. The molecule has 0 bridgehead atoms. The van der Waals surface area contributed by atoms with E-state index in [9.17, 15) is 37.5 Å². The number of piperidine rings is 1. The average Bonchev–Trinajstić information content (AvgIpc) is 1.35. The van der Waals surface area contributed by atoms with E-state index in [1.165, 1.54) is 11.2 Å². The van der Waals surface area contributed by atoms with E-state index in [1.807, 2.05) is 74.3 Å². The van der Waals surface area contributed by atoms with Gasteiger partial charge in [-0.05, 0) is 104 Å². The van der Waals surface area contributed by atoms with Crippen LogP contribution in [0.2, 0.25) is 10.0 Å². The van der Waals surface area contributed by atoms with Crippen LogP contribution in [0.25, 0.3) is 11.0 Å². The molecule has 5 aromatic rings. The molecule has 3 aliphatic heterocycles. The molecule has 2 aromatic carbocycles. The Labute approximate surface area is 509 Å². The van der Waals surface area contributed by atoms with Gasteiger partial charge in [0, 0.05) is 104 Å². The van der Waals surface area contributed by atoms with Gasteiger partial charge in [0.25, 0.3) is 5.56 Å². The van der Waals surface area contributed by atoms with E-state index in [0.29, 0.717) is 78.9 Å². The number of halogens is 2. The minimum absolute atomic E-state index is 0.00364. The van der Waals surface area contributed by atoms with Crippen LogP contribution in [0.5, 0.6) is 0 Å². The summed E-state index contributed by atoms with van der Waals surface area (Å²) in [5, 5.41) is 11.8. The number of nitrogens with zero attached hydrogens (tertiary/aromatic N) is 9. The molecule has 4 fully saturated rings. The van der Waals surface area contributed by atoms with Crippen molar-refractivity contribution in [3.05, 3.63) is 127 Å². The summed E-state index contributed by atoms with van der Waals surface area (Å²) in [7, 11) is -4.03. The van der Waals surface area contributed by atoms with Gasteiger partial charge < -0.3 is 24.7 Å². The largest absolute Gasteiger partial charge is 0.481 e. The topological polar surface area (TPSA) is 217 Å². The van der Waals surface area contributed by atoms with E-state index in [0.717, 1.165) is 79.3 Å². The zero-order chi connectivity index (χ0) is 61.0.